The van der Waals surface area contributed by atoms with Crippen LogP contribution in [0.2, 0.25) is 0 Å². The highest BCUT2D eigenvalue weighted by Gasteiger charge is 2.33. The van der Waals surface area contributed by atoms with Gasteiger partial charge >= 0.3 is 5.97 Å². The monoisotopic (exact) mass is 996 g/mol. The van der Waals surface area contributed by atoms with Crippen molar-refractivity contribution in [2.45, 2.75) is 94.4 Å². The summed E-state index contributed by atoms with van der Waals surface area (Å²) in [5, 5.41) is 41.3. The Morgan fingerprint density at radius 1 is 0.746 bits per heavy atom. The number of carboxylic acids is 1. The Kier molecular flexibility index (Phi) is 26.9. The van der Waals surface area contributed by atoms with Gasteiger partial charge in [0.05, 0.1) is 25.3 Å². The zero-order chi connectivity index (χ0) is 49.9. The second-order valence-electron chi connectivity index (χ2n) is 15.5. The van der Waals surface area contributed by atoms with Crippen molar-refractivity contribution in [2.24, 2.45) is 11.7 Å². The van der Waals surface area contributed by atoms with Crippen LogP contribution < -0.4 is 58.9 Å². The van der Waals surface area contributed by atoms with Crippen LogP contribution in [0.5, 0.6) is 0 Å². The number of Topliss-reactive ketones (excluding diaryl/α,β-unsaturated/α-hetero) is 1. The Morgan fingerprint density at radius 3 is 1.90 bits per heavy atom. The Bertz CT molecular complexity index is 1880. The maximum Gasteiger partial charge on any atom is 0.305 e. The molecule has 23 nitrogen and oxygen atoms in total. The van der Waals surface area contributed by atoms with Crippen molar-refractivity contribution < 1.29 is 53.1 Å². The minimum absolute atomic E-state index is 0.0229. The number of carboxylic acid groups (broad SMARTS) is 1. The average molecular weight is 997 g/mol. The summed E-state index contributed by atoms with van der Waals surface area (Å²) in [4.78, 5) is 134. The number of ketones is 1. The molecular weight excluding hydrogens is 933 g/mol. The number of aliphatic carboxylic acids is 1. The molecule has 67 heavy (non-hydrogen) atoms. The summed E-state index contributed by atoms with van der Waals surface area (Å²) in [6.07, 6.45) is 2.17. The Balaban J connectivity index is 2.60. The van der Waals surface area contributed by atoms with Gasteiger partial charge in [-0.25, -0.2) is 0 Å². The lowest BCUT2D eigenvalue weighted by atomic mass is 10.0. The maximum atomic E-state index is 14.0. The predicted octanol–water partition coefficient (Wildman–Crippen LogP) is -2.56. The summed E-state index contributed by atoms with van der Waals surface area (Å²) < 4.78 is 0. The van der Waals surface area contributed by atoms with Crippen molar-refractivity contribution in [3.05, 3.63) is 35.9 Å². The largest absolute Gasteiger partial charge is 0.481 e. The highest BCUT2D eigenvalue weighted by Crippen LogP contribution is 2.19. The molecule has 1 fully saturated rings. The van der Waals surface area contributed by atoms with Crippen LogP contribution in [0.3, 0.4) is 0 Å². The molecule has 0 spiro atoms. The molecule has 0 aliphatic carbocycles. The van der Waals surface area contributed by atoms with Gasteiger partial charge in [-0.2, -0.15) is 0 Å². The topological polar surface area (TPSA) is 361 Å². The molecule has 0 aromatic heterocycles. The normalized spacial score (nSPS) is 22.4. The smallest absolute Gasteiger partial charge is 0.305 e. The van der Waals surface area contributed by atoms with Gasteiger partial charge in [-0.15, -0.1) is 11.8 Å². The van der Waals surface area contributed by atoms with Crippen molar-refractivity contribution in [3.8, 4) is 0 Å². The number of hydrogen-bond donors (Lipinski definition) is 13. The van der Waals surface area contributed by atoms with Gasteiger partial charge in [0.25, 0.3) is 0 Å². The van der Waals surface area contributed by atoms with E-state index in [2.05, 4.69) is 53.2 Å². The molecule has 1 unspecified atom stereocenters. The molecule has 0 bridgehead atoms. The number of benzene rings is 1. The molecule has 372 valence electrons. The third-order valence-corrected chi connectivity index (χ3v) is 12.7. The van der Waals surface area contributed by atoms with Crippen molar-refractivity contribution in [2.75, 3.05) is 51.0 Å². The van der Waals surface area contributed by atoms with Gasteiger partial charge in [-0.1, -0.05) is 65.8 Å². The third kappa shape index (κ3) is 23.1. The van der Waals surface area contributed by atoms with E-state index in [0.717, 1.165) is 11.8 Å². The third-order valence-electron chi connectivity index (χ3n) is 9.72. The van der Waals surface area contributed by atoms with Crippen molar-refractivity contribution in [3.63, 3.8) is 0 Å². The lowest BCUT2D eigenvalue weighted by Gasteiger charge is -2.26. The standard InChI is InChI=1S/C41H64N12O11S3/c1-23(2)34(59)40-53-38(63)27(17-24-11-6-5-7-12-24)49-30(54)20-47-36(61)28(18-33(57)58)50-31(55)19-46-35(60)25(14-10-16-45-41(42)43)51-39(64)29(21-67-65-4)52-37(62)26(13-8-9-15-44-3)48-32(56)22-66-40/h5-7,11-12,23,25-29,40,44H,8-10,13-22H2,1-4H3,(H,46,60)(H,47,61)(H,48,56)(H,49,54)(H,50,55)(H,51,64)(H,52,62)(H,53,63)(H,57,58)(H4,42,43,45)/t25-,26-,27-,28-,29-,40?/m0/s1. The number of hydrogen-bond acceptors (Lipinski definition) is 15. The zero-order valence-electron chi connectivity index (χ0n) is 38.0. The van der Waals surface area contributed by atoms with Crippen LogP contribution in [-0.4, -0.2) is 157 Å². The minimum atomic E-state index is -1.73. The molecule has 6 atom stereocenters. The van der Waals surface area contributed by atoms with Gasteiger partial charge in [0.15, 0.2) is 11.7 Å². The van der Waals surface area contributed by atoms with Crippen molar-refractivity contribution in [1.82, 2.24) is 53.2 Å². The van der Waals surface area contributed by atoms with E-state index in [-0.39, 0.29) is 43.9 Å². The van der Waals surface area contributed by atoms with Crippen LogP contribution in [0.25, 0.3) is 0 Å². The quantitative estimate of drug-likeness (QED) is 0.0311. The van der Waals surface area contributed by atoms with Gasteiger partial charge in [0.2, 0.25) is 47.3 Å². The van der Waals surface area contributed by atoms with E-state index < -0.39 is 126 Å². The van der Waals surface area contributed by atoms with E-state index in [0.29, 0.717) is 24.9 Å². The number of amides is 8. The van der Waals surface area contributed by atoms with Gasteiger partial charge in [0.1, 0.15) is 35.6 Å². The van der Waals surface area contributed by atoms with Crippen LogP contribution in [0, 0.1) is 11.3 Å². The fourth-order valence-electron chi connectivity index (χ4n) is 6.22. The summed E-state index contributed by atoms with van der Waals surface area (Å²) in [6.45, 7) is 2.38. The second kappa shape index (κ2) is 31.4. The fraction of sp³-hybridized carbons (Fsp3) is 0.585. The summed E-state index contributed by atoms with van der Waals surface area (Å²) in [5.74, 6) is -10.1. The van der Waals surface area contributed by atoms with Crippen LogP contribution in [-0.2, 0) is 54.4 Å². The first-order valence-electron chi connectivity index (χ1n) is 21.5. The maximum absolute atomic E-state index is 14.0. The number of rotatable bonds is 18. The molecule has 26 heteroatoms. The molecule has 1 aliphatic heterocycles. The lowest BCUT2D eigenvalue weighted by Crippen LogP contribution is -2.58. The average Bonchev–Trinajstić information content (AvgIpc) is 3.28. The number of guanidine groups is 1. The summed E-state index contributed by atoms with van der Waals surface area (Å²) in [6, 6.07) is 1.79. The number of carbonyl (C=O) groups is 10. The Labute approximate surface area is 401 Å². The Hall–Kier alpha value is -5.60. The molecule has 2 rings (SSSR count). The first kappa shape index (κ1) is 57.5. The van der Waals surface area contributed by atoms with E-state index in [1.807, 2.05) is 0 Å². The molecule has 8 amide bonds. The van der Waals surface area contributed by atoms with Crippen molar-refractivity contribution in [1.29, 1.82) is 5.41 Å². The molecule has 1 aromatic carbocycles. The number of nitrogens with one attached hydrogen (secondary N) is 11. The SMILES string of the molecule is CNCCCC[C@@H]1NC(=O)CSC(C(=O)C(C)C)NC(=O)[C@H](Cc2ccccc2)NC(=O)CNC(=O)[C@H](CC(=O)O)NC(=O)CNC(=O)[C@H](CCCNC(=N)N)NC(=O)[C@H](CSSC)NC1=O. The highest BCUT2D eigenvalue weighted by molar-refractivity contribution is 8.76. The van der Waals surface area contributed by atoms with E-state index in [1.54, 1.807) is 57.5 Å². The molecule has 1 aliphatic rings. The van der Waals surface area contributed by atoms with Crippen LogP contribution >= 0.6 is 33.3 Å². The van der Waals surface area contributed by atoms with Crippen LogP contribution in [0.4, 0.5) is 0 Å². The minimum Gasteiger partial charge on any atom is -0.481 e. The molecule has 1 aromatic rings. The Morgan fingerprint density at radius 2 is 1.30 bits per heavy atom. The summed E-state index contributed by atoms with van der Waals surface area (Å²) in [7, 11) is 4.30. The van der Waals surface area contributed by atoms with Crippen LogP contribution in [0.15, 0.2) is 30.3 Å². The van der Waals surface area contributed by atoms with Crippen LogP contribution in [0.1, 0.15) is 57.9 Å². The number of thioether (sulfide) groups is 1. The number of unbranched alkanes of at least 4 members (excludes halogenated alkanes) is 1. The molecule has 1 saturated heterocycles. The van der Waals surface area contributed by atoms with E-state index >= 15 is 0 Å². The molecule has 0 radical (unpaired) electrons. The predicted molar refractivity (Wildman–Crippen MR) is 255 cm³/mol. The molecular formula is C41H64N12O11S3. The van der Waals surface area contributed by atoms with E-state index in [4.69, 9.17) is 11.1 Å². The van der Waals surface area contributed by atoms with E-state index in [9.17, 15) is 53.1 Å². The summed E-state index contributed by atoms with van der Waals surface area (Å²) >= 11 is 0.785. The number of carbonyl (C=O) groups excluding carboxylic acids is 9. The highest BCUT2D eigenvalue weighted by atomic mass is 33.1. The molecule has 0 saturated carbocycles. The first-order chi connectivity index (χ1) is 31.8. The summed E-state index contributed by atoms with van der Waals surface area (Å²) in [5.41, 5.74) is 6.00. The van der Waals surface area contributed by atoms with E-state index in [1.165, 1.54) is 21.6 Å². The number of nitrogens with two attached hydrogens (primary N) is 1. The van der Waals surface area contributed by atoms with Gasteiger partial charge in [0, 0.05) is 24.6 Å². The first-order valence-corrected chi connectivity index (χ1v) is 25.3. The molecule has 1 heterocycles. The van der Waals surface area contributed by atoms with Gasteiger partial charge in [-0.3, -0.25) is 53.4 Å². The second-order valence-corrected chi connectivity index (χ2v) is 19.2. The zero-order valence-corrected chi connectivity index (χ0v) is 40.4. The van der Waals surface area contributed by atoms with Gasteiger partial charge in [-0.05, 0) is 57.5 Å². The van der Waals surface area contributed by atoms with Crippen molar-refractivity contribution >= 4 is 98.3 Å². The molecule has 14 N–H and O–H groups in total. The fourth-order valence-corrected chi connectivity index (χ4v) is 8.58. The lowest BCUT2D eigenvalue weighted by molar-refractivity contribution is -0.141. The van der Waals surface area contributed by atoms with Gasteiger partial charge < -0.3 is 64.0 Å².